The smallest absolute Gasteiger partial charge is 0.254 e. The highest BCUT2D eigenvalue weighted by Crippen LogP contribution is 2.16. The molecule has 0 aliphatic rings. The minimum absolute atomic E-state index is 0.0478. The van der Waals surface area contributed by atoms with Gasteiger partial charge in [0.15, 0.2) is 0 Å². The van der Waals surface area contributed by atoms with Crippen LogP contribution in [-0.2, 0) is 0 Å². The zero-order valence-corrected chi connectivity index (χ0v) is 12.5. The number of carbonyl (C=O) groups is 1. The first-order chi connectivity index (χ1) is 8.74. The topological polar surface area (TPSA) is 43.8 Å². The molecule has 0 atom stereocenters. The summed E-state index contributed by atoms with van der Waals surface area (Å²) in [6.07, 6.45) is 0. The standard InChI is InChI=1S/C15H24N2O2/c1-6-17(11-15(2,3)19)14(18)12-8-7-9-13(10-12)16(4)5/h7-10,19H,6,11H2,1-5H3. The number of benzene rings is 1. The molecule has 0 aromatic heterocycles. The van der Waals surface area contributed by atoms with Gasteiger partial charge in [-0.15, -0.1) is 0 Å². The average molecular weight is 264 g/mol. The summed E-state index contributed by atoms with van der Waals surface area (Å²) in [5.41, 5.74) is 0.757. The quantitative estimate of drug-likeness (QED) is 0.884. The van der Waals surface area contributed by atoms with E-state index in [2.05, 4.69) is 0 Å². The van der Waals surface area contributed by atoms with Crippen molar-refractivity contribution in [3.63, 3.8) is 0 Å². The van der Waals surface area contributed by atoms with Crippen LogP contribution < -0.4 is 4.90 Å². The summed E-state index contributed by atoms with van der Waals surface area (Å²) in [5, 5.41) is 9.86. The Hall–Kier alpha value is -1.55. The Balaban J connectivity index is 2.94. The number of likely N-dealkylation sites (N-methyl/N-ethyl adjacent to an activating group) is 1. The number of anilines is 1. The van der Waals surface area contributed by atoms with E-state index in [1.54, 1.807) is 18.7 Å². The molecule has 0 heterocycles. The van der Waals surface area contributed by atoms with Crippen LogP contribution in [0.1, 0.15) is 31.1 Å². The molecule has 19 heavy (non-hydrogen) atoms. The fraction of sp³-hybridized carbons (Fsp3) is 0.533. The summed E-state index contributed by atoms with van der Waals surface area (Å²) in [4.78, 5) is 16.0. The van der Waals surface area contributed by atoms with Gasteiger partial charge in [0.2, 0.25) is 0 Å². The van der Waals surface area contributed by atoms with Gasteiger partial charge in [0.05, 0.1) is 5.60 Å². The first-order valence-corrected chi connectivity index (χ1v) is 6.53. The van der Waals surface area contributed by atoms with Crippen LogP contribution in [0.3, 0.4) is 0 Å². The van der Waals surface area contributed by atoms with Crippen LogP contribution in [0.2, 0.25) is 0 Å². The predicted molar refractivity (Wildman–Crippen MR) is 78.6 cm³/mol. The Morgan fingerprint density at radius 3 is 2.42 bits per heavy atom. The van der Waals surface area contributed by atoms with E-state index in [0.29, 0.717) is 18.7 Å². The molecule has 4 heteroatoms. The fourth-order valence-corrected chi connectivity index (χ4v) is 1.89. The Kier molecular flexibility index (Phi) is 4.95. The van der Waals surface area contributed by atoms with E-state index in [-0.39, 0.29) is 5.91 Å². The third kappa shape index (κ3) is 4.56. The molecule has 1 N–H and O–H groups in total. The Bertz CT molecular complexity index is 436. The average Bonchev–Trinajstić information content (AvgIpc) is 2.34. The maximum Gasteiger partial charge on any atom is 0.254 e. The van der Waals surface area contributed by atoms with Gasteiger partial charge in [-0.1, -0.05) is 6.07 Å². The number of rotatable bonds is 5. The first kappa shape index (κ1) is 15.5. The molecule has 106 valence electrons. The summed E-state index contributed by atoms with van der Waals surface area (Å²) < 4.78 is 0. The molecule has 0 saturated carbocycles. The lowest BCUT2D eigenvalue weighted by molar-refractivity contribution is 0.0315. The van der Waals surface area contributed by atoms with E-state index in [4.69, 9.17) is 0 Å². The molecular formula is C15H24N2O2. The molecule has 0 aliphatic heterocycles. The molecular weight excluding hydrogens is 240 g/mol. The molecule has 0 radical (unpaired) electrons. The maximum absolute atomic E-state index is 12.4. The van der Waals surface area contributed by atoms with Crippen molar-refractivity contribution in [3.8, 4) is 0 Å². The van der Waals surface area contributed by atoms with Gasteiger partial charge in [-0.05, 0) is 39.0 Å². The number of amides is 1. The van der Waals surface area contributed by atoms with Gasteiger partial charge in [0.25, 0.3) is 5.91 Å². The van der Waals surface area contributed by atoms with Gasteiger partial charge in [0.1, 0.15) is 0 Å². The summed E-state index contributed by atoms with van der Waals surface area (Å²) in [6.45, 7) is 6.24. The van der Waals surface area contributed by atoms with Crippen LogP contribution in [-0.4, -0.2) is 48.7 Å². The molecule has 1 amide bonds. The van der Waals surface area contributed by atoms with Crippen molar-refractivity contribution >= 4 is 11.6 Å². The molecule has 0 unspecified atom stereocenters. The summed E-state index contributed by atoms with van der Waals surface area (Å²) >= 11 is 0. The number of carbonyl (C=O) groups excluding carboxylic acids is 1. The third-order valence-corrected chi connectivity index (χ3v) is 2.86. The van der Waals surface area contributed by atoms with E-state index < -0.39 is 5.60 Å². The molecule has 0 fully saturated rings. The lowest BCUT2D eigenvalue weighted by Gasteiger charge is -2.28. The number of hydrogen-bond acceptors (Lipinski definition) is 3. The molecule has 1 aromatic carbocycles. The van der Waals surface area contributed by atoms with E-state index in [9.17, 15) is 9.90 Å². The van der Waals surface area contributed by atoms with Crippen molar-refractivity contribution in [1.29, 1.82) is 0 Å². The number of nitrogens with zero attached hydrogens (tertiary/aromatic N) is 2. The van der Waals surface area contributed by atoms with Gasteiger partial charge in [0, 0.05) is 38.4 Å². The SMILES string of the molecule is CCN(CC(C)(C)O)C(=O)c1cccc(N(C)C)c1. The van der Waals surface area contributed by atoms with E-state index in [0.717, 1.165) is 5.69 Å². The summed E-state index contributed by atoms with van der Waals surface area (Å²) in [7, 11) is 3.88. The van der Waals surface area contributed by atoms with Crippen LogP contribution in [0, 0.1) is 0 Å². The van der Waals surface area contributed by atoms with Crippen molar-refractivity contribution in [2.24, 2.45) is 0 Å². The molecule has 0 bridgehead atoms. The largest absolute Gasteiger partial charge is 0.389 e. The minimum atomic E-state index is -0.884. The fourth-order valence-electron chi connectivity index (χ4n) is 1.89. The summed E-state index contributed by atoms with van der Waals surface area (Å²) in [5.74, 6) is -0.0478. The van der Waals surface area contributed by atoms with E-state index >= 15 is 0 Å². The van der Waals surface area contributed by atoms with Crippen LogP contribution >= 0.6 is 0 Å². The predicted octanol–water partition coefficient (Wildman–Crippen LogP) is 1.99. The maximum atomic E-state index is 12.4. The van der Waals surface area contributed by atoms with Gasteiger partial charge >= 0.3 is 0 Å². The molecule has 1 aromatic rings. The second kappa shape index (κ2) is 6.06. The van der Waals surface area contributed by atoms with Crippen molar-refractivity contribution in [2.45, 2.75) is 26.4 Å². The van der Waals surface area contributed by atoms with E-state index in [1.807, 2.05) is 50.2 Å². The monoisotopic (exact) mass is 264 g/mol. The summed E-state index contributed by atoms with van der Waals surface area (Å²) in [6, 6.07) is 7.52. The van der Waals surface area contributed by atoms with Crippen LogP contribution in [0.4, 0.5) is 5.69 Å². The normalized spacial score (nSPS) is 11.3. The van der Waals surface area contributed by atoms with Crippen molar-refractivity contribution in [1.82, 2.24) is 4.90 Å². The molecule has 4 nitrogen and oxygen atoms in total. The Labute approximate surface area is 115 Å². The zero-order valence-electron chi connectivity index (χ0n) is 12.5. The highest BCUT2D eigenvalue weighted by molar-refractivity contribution is 5.95. The van der Waals surface area contributed by atoms with Crippen LogP contribution in [0.25, 0.3) is 0 Å². The Morgan fingerprint density at radius 1 is 1.32 bits per heavy atom. The first-order valence-electron chi connectivity index (χ1n) is 6.53. The van der Waals surface area contributed by atoms with Gasteiger partial charge in [-0.3, -0.25) is 4.79 Å². The van der Waals surface area contributed by atoms with Crippen molar-refractivity contribution in [2.75, 3.05) is 32.1 Å². The molecule has 1 rings (SSSR count). The van der Waals surface area contributed by atoms with Gasteiger partial charge < -0.3 is 14.9 Å². The van der Waals surface area contributed by atoms with Gasteiger partial charge in [-0.2, -0.15) is 0 Å². The Morgan fingerprint density at radius 2 is 1.95 bits per heavy atom. The van der Waals surface area contributed by atoms with E-state index in [1.165, 1.54) is 0 Å². The second-order valence-corrected chi connectivity index (χ2v) is 5.58. The molecule has 0 aliphatic carbocycles. The number of hydrogen-bond donors (Lipinski definition) is 1. The lowest BCUT2D eigenvalue weighted by Crippen LogP contribution is -2.42. The third-order valence-electron chi connectivity index (χ3n) is 2.86. The van der Waals surface area contributed by atoms with Gasteiger partial charge in [-0.25, -0.2) is 0 Å². The lowest BCUT2D eigenvalue weighted by atomic mass is 10.1. The van der Waals surface area contributed by atoms with Crippen molar-refractivity contribution < 1.29 is 9.90 Å². The highest BCUT2D eigenvalue weighted by Gasteiger charge is 2.22. The molecule has 0 spiro atoms. The van der Waals surface area contributed by atoms with Crippen LogP contribution in [0.15, 0.2) is 24.3 Å². The van der Waals surface area contributed by atoms with Crippen LogP contribution in [0.5, 0.6) is 0 Å². The van der Waals surface area contributed by atoms with Crippen molar-refractivity contribution in [3.05, 3.63) is 29.8 Å². The number of aliphatic hydroxyl groups is 1. The molecule has 0 saturated heterocycles. The zero-order chi connectivity index (χ0) is 14.6. The highest BCUT2D eigenvalue weighted by atomic mass is 16.3. The second-order valence-electron chi connectivity index (χ2n) is 5.58. The minimum Gasteiger partial charge on any atom is -0.389 e.